The fraction of sp³-hybridized carbons (Fsp3) is 0.947. The molecule has 1 saturated heterocycles. The smallest absolute Gasteiger partial charge is 0.169 e. The van der Waals surface area contributed by atoms with Crippen molar-refractivity contribution in [1.82, 2.24) is 10.2 Å². The van der Waals surface area contributed by atoms with Gasteiger partial charge in [0.05, 0.1) is 32.8 Å². The zero-order chi connectivity index (χ0) is 16.7. The molecule has 5 fully saturated rings. The first-order valence-electron chi connectivity index (χ1n) is 10.1. The Kier molecular flexibility index (Phi) is 4.78. The Morgan fingerprint density at radius 3 is 2.21 bits per heavy atom. The largest absolute Gasteiger partial charge is 0.391 e. The first-order valence-corrected chi connectivity index (χ1v) is 10.5. The Balaban J connectivity index is 1.33. The maximum absolute atomic E-state index is 9.09. The first kappa shape index (κ1) is 17.0. The first-order chi connectivity index (χ1) is 11.6. The summed E-state index contributed by atoms with van der Waals surface area (Å²) in [6, 6.07) is 0.515. The molecule has 0 amide bonds. The molecule has 0 spiro atoms. The molecule has 4 aliphatic carbocycles. The minimum atomic E-state index is 0.293. The van der Waals surface area contributed by atoms with E-state index in [9.17, 15) is 0 Å². The standard InChI is InChI=1S/C19H33N3OS/c1-14(19-11-15-8-16(12-19)10-17(9-15)13-19)20-18(24)22-4-2-21(3-5-22)6-7-23/h14-17,23H,2-13H2,1H3,(H,20,24)/p+1/t14-,15?,16?,17?,19?/m0/s1. The van der Waals surface area contributed by atoms with Gasteiger partial charge in [-0.05, 0) is 80.8 Å². The van der Waals surface area contributed by atoms with E-state index in [0.29, 0.717) is 18.1 Å². The van der Waals surface area contributed by atoms with Crippen LogP contribution >= 0.6 is 12.2 Å². The van der Waals surface area contributed by atoms with Gasteiger partial charge in [0.1, 0.15) is 6.54 Å². The van der Waals surface area contributed by atoms with Gasteiger partial charge in [-0.1, -0.05) is 0 Å². The Hall–Kier alpha value is -0.390. The quantitative estimate of drug-likeness (QED) is 0.650. The number of rotatable bonds is 4. The predicted molar refractivity (Wildman–Crippen MR) is 100 cm³/mol. The van der Waals surface area contributed by atoms with E-state index in [4.69, 9.17) is 17.3 Å². The lowest BCUT2D eigenvalue weighted by atomic mass is 9.48. The molecule has 5 heteroatoms. The van der Waals surface area contributed by atoms with Crippen LogP contribution in [0.2, 0.25) is 0 Å². The second-order valence-corrected chi connectivity index (χ2v) is 9.55. The third kappa shape index (κ3) is 3.19. The van der Waals surface area contributed by atoms with Crippen molar-refractivity contribution in [3.05, 3.63) is 0 Å². The molecular weight excluding hydrogens is 318 g/mol. The summed E-state index contributed by atoms with van der Waals surface area (Å²) in [7, 11) is 0. The molecule has 0 radical (unpaired) electrons. The Morgan fingerprint density at radius 1 is 1.17 bits per heavy atom. The molecule has 4 saturated carbocycles. The molecule has 136 valence electrons. The van der Waals surface area contributed by atoms with Crippen molar-refractivity contribution in [2.24, 2.45) is 23.2 Å². The van der Waals surface area contributed by atoms with Gasteiger partial charge in [0.25, 0.3) is 0 Å². The van der Waals surface area contributed by atoms with Gasteiger partial charge in [0.2, 0.25) is 0 Å². The van der Waals surface area contributed by atoms with Crippen LogP contribution < -0.4 is 10.2 Å². The molecule has 24 heavy (non-hydrogen) atoms. The van der Waals surface area contributed by atoms with Gasteiger partial charge < -0.3 is 20.2 Å². The van der Waals surface area contributed by atoms with E-state index < -0.39 is 0 Å². The Labute approximate surface area is 152 Å². The van der Waals surface area contributed by atoms with Gasteiger partial charge in [-0.25, -0.2) is 0 Å². The van der Waals surface area contributed by atoms with E-state index in [0.717, 1.165) is 55.6 Å². The normalized spacial score (nSPS) is 39.9. The molecule has 5 aliphatic rings. The fourth-order valence-corrected chi connectivity index (χ4v) is 6.93. The lowest BCUT2D eigenvalue weighted by molar-refractivity contribution is -0.904. The summed E-state index contributed by atoms with van der Waals surface area (Å²) >= 11 is 5.76. The average Bonchev–Trinajstić information content (AvgIpc) is 2.54. The van der Waals surface area contributed by atoms with Crippen LogP contribution in [-0.2, 0) is 0 Å². The van der Waals surface area contributed by atoms with E-state index in [-0.39, 0.29) is 0 Å². The highest BCUT2D eigenvalue weighted by molar-refractivity contribution is 7.80. The van der Waals surface area contributed by atoms with Crippen molar-refractivity contribution in [2.45, 2.75) is 51.5 Å². The molecule has 4 nitrogen and oxygen atoms in total. The summed E-state index contributed by atoms with van der Waals surface area (Å²) < 4.78 is 0. The third-order valence-electron chi connectivity index (χ3n) is 7.57. The van der Waals surface area contributed by atoms with Gasteiger partial charge >= 0.3 is 0 Å². The number of hydrogen-bond acceptors (Lipinski definition) is 2. The van der Waals surface area contributed by atoms with Gasteiger partial charge in [0, 0.05) is 6.04 Å². The minimum absolute atomic E-state index is 0.293. The Morgan fingerprint density at radius 2 is 1.71 bits per heavy atom. The monoisotopic (exact) mass is 352 g/mol. The SMILES string of the molecule is C[C@H](NC(=S)N1CC[NH+](CCO)CC1)C12CC3CC(CC(C3)C1)C2. The summed E-state index contributed by atoms with van der Waals surface area (Å²) in [6.07, 6.45) is 8.82. The molecule has 5 rings (SSSR count). The van der Waals surface area contributed by atoms with E-state index in [1.807, 2.05) is 0 Å². The maximum Gasteiger partial charge on any atom is 0.169 e. The molecular formula is C19H34N3OS+. The molecule has 1 heterocycles. The summed E-state index contributed by atoms with van der Waals surface area (Å²) in [5.74, 6) is 3.00. The molecule has 4 bridgehead atoms. The van der Waals surface area contributed by atoms with Gasteiger partial charge in [-0.2, -0.15) is 0 Å². The maximum atomic E-state index is 9.09. The van der Waals surface area contributed by atoms with Crippen molar-refractivity contribution in [2.75, 3.05) is 39.3 Å². The fourth-order valence-electron chi connectivity index (χ4n) is 6.57. The molecule has 0 aromatic heterocycles. The summed E-state index contributed by atoms with van der Waals surface area (Å²) in [5, 5.41) is 13.8. The van der Waals surface area contributed by atoms with Crippen LogP contribution in [0.15, 0.2) is 0 Å². The van der Waals surface area contributed by atoms with Crippen LogP contribution in [0.25, 0.3) is 0 Å². The third-order valence-corrected chi connectivity index (χ3v) is 7.94. The molecule has 0 unspecified atom stereocenters. The van der Waals surface area contributed by atoms with Crippen molar-refractivity contribution in [1.29, 1.82) is 0 Å². The summed E-state index contributed by atoms with van der Waals surface area (Å²) in [5.41, 5.74) is 0.517. The molecule has 1 atom stereocenters. The highest BCUT2D eigenvalue weighted by Crippen LogP contribution is 2.61. The van der Waals surface area contributed by atoms with Crippen LogP contribution in [0.1, 0.15) is 45.4 Å². The molecule has 0 aromatic rings. The van der Waals surface area contributed by atoms with Crippen LogP contribution in [0.3, 0.4) is 0 Å². The zero-order valence-corrected chi connectivity index (χ0v) is 15.9. The second-order valence-electron chi connectivity index (χ2n) is 9.16. The topological polar surface area (TPSA) is 39.9 Å². The number of aliphatic hydroxyl groups excluding tert-OH is 1. The predicted octanol–water partition coefficient (Wildman–Crippen LogP) is 0.659. The van der Waals surface area contributed by atoms with E-state index in [1.165, 1.54) is 43.4 Å². The van der Waals surface area contributed by atoms with Gasteiger partial charge in [-0.3, -0.25) is 0 Å². The van der Waals surface area contributed by atoms with Crippen molar-refractivity contribution >= 4 is 17.3 Å². The highest BCUT2D eigenvalue weighted by Gasteiger charge is 2.53. The number of quaternary nitrogens is 1. The zero-order valence-electron chi connectivity index (χ0n) is 15.1. The average molecular weight is 353 g/mol. The van der Waals surface area contributed by atoms with Crippen molar-refractivity contribution in [3.8, 4) is 0 Å². The van der Waals surface area contributed by atoms with Crippen LogP contribution in [0.5, 0.6) is 0 Å². The van der Waals surface area contributed by atoms with Crippen molar-refractivity contribution < 1.29 is 10.0 Å². The van der Waals surface area contributed by atoms with Crippen LogP contribution in [0, 0.1) is 23.2 Å². The Bertz CT molecular complexity index is 440. The number of nitrogens with zero attached hydrogens (tertiary/aromatic N) is 1. The lowest BCUT2D eigenvalue weighted by Crippen LogP contribution is -3.15. The van der Waals surface area contributed by atoms with E-state index in [2.05, 4.69) is 17.1 Å². The molecule has 0 aromatic carbocycles. The van der Waals surface area contributed by atoms with E-state index in [1.54, 1.807) is 0 Å². The second kappa shape index (κ2) is 6.73. The number of hydrogen-bond donors (Lipinski definition) is 3. The molecule has 3 N–H and O–H groups in total. The van der Waals surface area contributed by atoms with Crippen LogP contribution in [0.4, 0.5) is 0 Å². The number of aliphatic hydroxyl groups is 1. The summed E-state index contributed by atoms with van der Waals surface area (Å²) in [4.78, 5) is 3.86. The van der Waals surface area contributed by atoms with Crippen molar-refractivity contribution in [3.63, 3.8) is 0 Å². The van der Waals surface area contributed by atoms with Crippen LogP contribution in [-0.4, -0.2) is 60.5 Å². The molecule has 1 aliphatic heterocycles. The number of nitrogens with one attached hydrogen (secondary N) is 2. The van der Waals surface area contributed by atoms with E-state index >= 15 is 0 Å². The summed E-state index contributed by atoms with van der Waals surface area (Å²) in [6.45, 7) is 7.79. The lowest BCUT2D eigenvalue weighted by Gasteiger charge is -2.59. The number of piperazine rings is 1. The van der Waals surface area contributed by atoms with Gasteiger partial charge in [0.15, 0.2) is 5.11 Å². The highest BCUT2D eigenvalue weighted by atomic mass is 32.1. The van der Waals surface area contributed by atoms with Gasteiger partial charge in [-0.15, -0.1) is 0 Å². The minimum Gasteiger partial charge on any atom is -0.391 e. The number of thiocarbonyl (C=S) groups is 1.